The van der Waals surface area contributed by atoms with Gasteiger partial charge in [-0.05, 0) is 30.2 Å². The van der Waals surface area contributed by atoms with E-state index in [9.17, 15) is 8.78 Å². The van der Waals surface area contributed by atoms with E-state index in [1.165, 1.54) is 19.1 Å². The second-order valence-corrected chi connectivity index (χ2v) is 4.69. The van der Waals surface area contributed by atoms with Gasteiger partial charge in [-0.3, -0.25) is 5.84 Å². The minimum absolute atomic E-state index is 0.146. The van der Waals surface area contributed by atoms with Crippen molar-refractivity contribution in [2.75, 3.05) is 0 Å². The molecule has 0 bridgehead atoms. The van der Waals surface area contributed by atoms with E-state index in [1.807, 2.05) is 0 Å². The van der Waals surface area contributed by atoms with Crippen LogP contribution >= 0.6 is 11.6 Å². The number of hydrogen-bond donors (Lipinski definition) is 2. The Morgan fingerprint density at radius 3 is 2.53 bits per heavy atom. The fourth-order valence-electron chi connectivity index (χ4n) is 1.94. The number of halogens is 3. The second-order valence-electron chi connectivity index (χ2n) is 4.25. The van der Waals surface area contributed by atoms with E-state index in [4.69, 9.17) is 17.4 Å². The molecule has 0 heterocycles. The van der Waals surface area contributed by atoms with Gasteiger partial charge in [0.15, 0.2) is 11.6 Å². The lowest BCUT2D eigenvalue weighted by molar-refractivity contribution is 0.478. The largest absolute Gasteiger partial charge is 0.271 e. The van der Waals surface area contributed by atoms with Crippen molar-refractivity contribution >= 4 is 11.6 Å². The number of nitrogens with one attached hydrogen (secondary N) is 1. The summed E-state index contributed by atoms with van der Waals surface area (Å²) in [6.45, 7) is 1.51. The normalized spacial score (nSPS) is 12.5. The number of rotatable bonds is 3. The highest BCUT2D eigenvalue weighted by molar-refractivity contribution is 6.30. The first kappa shape index (κ1) is 13.9. The number of hydrazine groups is 1. The van der Waals surface area contributed by atoms with Gasteiger partial charge in [0.25, 0.3) is 0 Å². The van der Waals surface area contributed by atoms with Crippen LogP contribution in [0.5, 0.6) is 0 Å². The van der Waals surface area contributed by atoms with E-state index in [0.29, 0.717) is 10.6 Å². The molecule has 0 amide bonds. The van der Waals surface area contributed by atoms with Crippen LogP contribution in [0.1, 0.15) is 22.7 Å². The van der Waals surface area contributed by atoms with Gasteiger partial charge in [-0.1, -0.05) is 35.9 Å². The van der Waals surface area contributed by atoms with Crippen molar-refractivity contribution in [1.82, 2.24) is 5.43 Å². The monoisotopic (exact) mass is 282 g/mol. The van der Waals surface area contributed by atoms with Gasteiger partial charge in [-0.25, -0.2) is 14.2 Å². The molecule has 2 aromatic carbocycles. The van der Waals surface area contributed by atoms with Crippen LogP contribution in [0.2, 0.25) is 5.02 Å². The SMILES string of the molecule is Cc1ccc(C(NN)c2cccc(Cl)c2)c(F)c1F. The maximum atomic E-state index is 14.0. The molecular formula is C14H13ClF2N2. The third kappa shape index (κ3) is 2.76. The Labute approximate surface area is 115 Å². The fraction of sp³-hybridized carbons (Fsp3) is 0.143. The lowest BCUT2D eigenvalue weighted by Gasteiger charge is -2.18. The maximum Gasteiger partial charge on any atom is 0.164 e. The summed E-state index contributed by atoms with van der Waals surface area (Å²) >= 11 is 5.89. The molecule has 0 aliphatic carbocycles. The minimum Gasteiger partial charge on any atom is -0.271 e. The third-order valence-electron chi connectivity index (χ3n) is 2.96. The summed E-state index contributed by atoms with van der Waals surface area (Å²) in [6.07, 6.45) is 0. The van der Waals surface area contributed by atoms with E-state index < -0.39 is 17.7 Å². The summed E-state index contributed by atoms with van der Waals surface area (Å²) < 4.78 is 27.6. The minimum atomic E-state index is -0.900. The first-order chi connectivity index (χ1) is 9.04. The molecule has 0 aliphatic rings. The molecule has 19 heavy (non-hydrogen) atoms. The zero-order valence-electron chi connectivity index (χ0n) is 10.3. The topological polar surface area (TPSA) is 38.0 Å². The van der Waals surface area contributed by atoms with E-state index >= 15 is 0 Å². The number of benzene rings is 2. The van der Waals surface area contributed by atoms with Crippen LogP contribution in [0.25, 0.3) is 0 Å². The molecule has 0 spiro atoms. The first-order valence-electron chi connectivity index (χ1n) is 5.70. The van der Waals surface area contributed by atoms with Gasteiger partial charge in [0.2, 0.25) is 0 Å². The van der Waals surface area contributed by atoms with Crippen LogP contribution in [0.4, 0.5) is 8.78 Å². The van der Waals surface area contributed by atoms with Crippen LogP contribution in [0.3, 0.4) is 0 Å². The molecule has 0 saturated heterocycles. The molecule has 3 N–H and O–H groups in total. The summed E-state index contributed by atoms with van der Waals surface area (Å²) in [5.41, 5.74) is 3.55. The van der Waals surface area contributed by atoms with Crippen LogP contribution in [0.15, 0.2) is 36.4 Å². The van der Waals surface area contributed by atoms with Crippen molar-refractivity contribution in [2.45, 2.75) is 13.0 Å². The van der Waals surface area contributed by atoms with Gasteiger partial charge in [0, 0.05) is 10.6 Å². The quantitative estimate of drug-likeness (QED) is 0.668. The lowest BCUT2D eigenvalue weighted by Crippen LogP contribution is -2.29. The van der Waals surface area contributed by atoms with E-state index in [1.54, 1.807) is 24.3 Å². The van der Waals surface area contributed by atoms with Crippen LogP contribution in [-0.2, 0) is 0 Å². The molecule has 0 aromatic heterocycles. The second kappa shape index (κ2) is 5.65. The fourth-order valence-corrected chi connectivity index (χ4v) is 2.13. The highest BCUT2D eigenvalue weighted by atomic mass is 35.5. The highest BCUT2D eigenvalue weighted by Gasteiger charge is 2.20. The number of aryl methyl sites for hydroxylation is 1. The molecule has 0 aliphatic heterocycles. The Bertz CT molecular complexity index is 602. The average Bonchev–Trinajstić information content (AvgIpc) is 2.40. The molecule has 0 radical (unpaired) electrons. The van der Waals surface area contributed by atoms with Gasteiger partial charge in [0.05, 0.1) is 6.04 Å². The molecule has 0 saturated carbocycles. The van der Waals surface area contributed by atoms with Gasteiger partial charge >= 0.3 is 0 Å². The Morgan fingerprint density at radius 2 is 1.89 bits per heavy atom. The smallest absolute Gasteiger partial charge is 0.164 e. The van der Waals surface area contributed by atoms with E-state index in [-0.39, 0.29) is 11.1 Å². The van der Waals surface area contributed by atoms with Crippen LogP contribution in [0, 0.1) is 18.6 Å². The van der Waals surface area contributed by atoms with Gasteiger partial charge in [-0.2, -0.15) is 0 Å². The predicted molar refractivity (Wildman–Crippen MR) is 71.7 cm³/mol. The molecule has 2 rings (SSSR count). The standard InChI is InChI=1S/C14H13ClF2N2/c1-8-5-6-11(13(17)12(8)16)14(19-18)9-3-2-4-10(15)7-9/h2-7,14,19H,18H2,1H3. The average molecular weight is 283 g/mol. The van der Waals surface area contributed by atoms with E-state index in [2.05, 4.69) is 5.43 Å². The summed E-state index contributed by atoms with van der Waals surface area (Å²) in [4.78, 5) is 0. The van der Waals surface area contributed by atoms with Gasteiger partial charge in [0.1, 0.15) is 0 Å². The molecule has 1 unspecified atom stereocenters. The van der Waals surface area contributed by atoms with Crippen LogP contribution in [-0.4, -0.2) is 0 Å². The van der Waals surface area contributed by atoms with Gasteiger partial charge in [-0.15, -0.1) is 0 Å². The maximum absolute atomic E-state index is 14.0. The summed E-state index contributed by atoms with van der Waals surface area (Å²) in [5.74, 6) is 3.70. The molecule has 100 valence electrons. The van der Waals surface area contributed by atoms with Gasteiger partial charge < -0.3 is 0 Å². The zero-order valence-corrected chi connectivity index (χ0v) is 11.0. The van der Waals surface area contributed by atoms with Crippen LogP contribution < -0.4 is 11.3 Å². The molecule has 5 heteroatoms. The van der Waals surface area contributed by atoms with Crippen molar-refractivity contribution in [3.63, 3.8) is 0 Å². The number of hydrogen-bond acceptors (Lipinski definition) is 2. The highest BCUT2D eigenvalue weighted by Crippen LogP contribution is 2.27. The van der Waals surface area contributed by atoms with Crippen molar-refractivity contribution in [3.8, 4) is 0 Å². The molecule has 1 atom stereocenters. The Kier molecular flexibility index (Phi) is 4.14. The van der Waals surface area contributed by atoms with Crippen molar-refractivity contribution in [3.05, 3.63) is 69.7 Å². The Hall–Kier alpha value is -1.49. The van der Waals surface area contributed by atoms with E-state index in [0.717, 1.165) is 0 Å². The first-order valence-corrected chi connectivity index (χ1v) is 6.08. The zero-order chi connectivity index (χ0) is 14.0. The van der Waals surface area contributed by atoms with Crippen molar-refractivity contribution < 1.29 is 8.78 Å². The Balaban J connectivity index is 2.51. The lowest BCUT2D eigenvalue weighted by atomic mass is 9.97. The third-order valence-corrected chi connectivity index (χ3v) is 3.20. The summed E-state index contributed by atoms with van der Waals surface area (Å²) in [6, 6.07) is 9.20. The Morgan fingerprint density at radius 1 is 1.16 bits per heavy atom. The molecular weight excluding hydrogens is 270 g/mol. The van der Waals surface area contributed by atoms with Crippen molar-refractivity contribution in [1.29, 1.82) is 0 Å². The summed E-state index contributed by atoms with van der Waals surface area (Å²) in [7, 11) is 0. The summed E-state index contributed by atoms with van der Waals surface area (Å²) in [5, 5.41) is 0.505. The molecule has 0 fully saturated rings. The predicted octanol–water partition coefficient (Wildman–Crippen LogP) is 3.48. The number of nitrogens with two attached hydrogens (primary N) is 1. The molecule has 2 aromatic rings. The molecule has 2 nitrogen and oxygen atoms in total. The van der Waals surface area contributed by atoms with Crippen molar-refractivity contribution in [2.24, 2.45) is 5.84 Å².